The monoisotopic (exact) mass is 720 g/mol. The number of anilines is 5. The van der Waals surface area contributed by atoms with E-state index in [4.69, 9.17) is 0 Å². The minimum atomic E-state index is 0.130. The Kier molecular flexibility index (Phi) is 7.53. The number of hydrogen-bond acceptors (Lipinski definition) is 3. The fourth-order valence-electron chi connectivity index (χ4n) is 8.90. The molecular formula is C52H36N2S. The van der Waals surface area contributed by atoms with Gasteiger partial charge in [0, 0.05) is 27.5 Å². The van der Waals surface area contributed by atoms with E-state index in [-0.39, 0.29) is 6.04 Å². The maximum atomic E-state index is 2.62. The highest BCUT2D eigenvalue weighted by atomic mass is 32.1. The molecule has 11 rings (SSSR count). The van der Waals surface area contributed by atoms with Crippen molar-refractivity contribution in [1.82, 2.24) is 0 Å². The maximum absolute atomic E-state index is 2.62. The van der Waals surface area contributed by atoms with Crippen LogP contribution in [0.4, 0.5) is 28.4 Å². The lowest BCUT2D eigenvalue weighted by Crippen LogP contribution is -2.25. The van der Waals surface area contributed by atoms with Gasteiger partial charge in [-0.2, -0.15) is 0 Å². The molecule has 0 fully saturated rings. The van der Waals surface area contributed by atoms with Gasteiger partial charge in [-0.05, 0) is 86.9 Å². The lowest BCUT2D eigenvalue weighted by atomic mass is 9.90. The van der Waals surface area contributed by atoms with Gasteiger partial charge >= 0.3 is 0 Å². The highest BCUT2D eigenvalue weighted by Crippen LogP contribution is 2.54. The predicted molar refractivity (Wildman–Crippen MR) is 238 cm³/mol. The van der Waals surface area contributed by atoms with Crippen molar-refractivity contribution in [2.24, 2.45) is 0 Å². The number of hydrogen-bond donors (Lipinski definition) is 0. The van der Waals surface area contributed by atoms with Crippen molar-refractivity contribution in [2.75, 3.05) is 9.80 Å². The molecular weight excluding hydrogens is 685 g/mol. The molecule has 1 heterocycles. The van der Waals surface area contributed by atoms with E-state index < -0.39 is 0 Å². The molecule has 1 unspecified atom stereocenters. The molecule has 2 nitrogen and oxygen atoms in total. The Bertz CT molecular complexity index is 3080. The molecule has 1 aliphatic carbocycles. The summed E-state index contributed by atoms with van der Waals surface area (Å²) in [6.07, 6.45) is 5.55. The fraction of sp³-hybridized carbons (Fsp3) is 0.0385. The molecule has 0 amide bonds. The van der Waals surface area contributed by atoms with Crippen LogP contribution in [0.25, 0.3) is 58.6 Å². The van der Waals surface area contributed by atoms with Crippen molar-refractivity contribution in [3.05, 3.63) is 205 Å². The van der Waals surface area contributed by atoms with Gasteiger partial charge in [0.15, 0.2) is 0 Å². The van der Waals surface area contributed by atoms with Crippen LogP contribution in [0.15, 0.2) is 194 Å². The molecule has 55 heavy (non-hydrogen) atoms. The summed E-state index contributed by atoms with van der Waals surface area (Å²) in [5.74, 6) is 0. The quantitative estimate of drug-likeness (QED) is 0.169. The molecule has 10 aromatic rings. The Morgan fingerprint density at radius 2 is 0.982 bits per heavy atom. The van der Waals surface area contributed by atoms with Gasteiger partial charge in [-0.25, -0.2) is 0 Å². The third kappa shape index (κ3) is 5.15. The van der Waals surface area contributed by atoms with E-state index in [0.29, 0.717) is 0 Å². The molecule has 1 aromatic heterocycles. The van der Waals surface area contributed by atoms with Crippen molar-refractivity contribution in [3.63, 3.8) is 0 Å². The van der Waals surface area contributed by atoms with Crippen molar-refractivity contribution < 1.29 is 0 Å². The first-order chi connectivity index (χ1) is 27.3. The van der Waals surface area contributed by atoms with E-state index in [9.17, 15) is 0 Å². The first-order valence-electron chi connectivity index (χ1n) is 19.0. The summed E-state index contributed by atoms with van der Waals surface area (Å²) >= 11 is 1.93. The smallest absolute Gasteiger partial charge is 0.0647 e. The second-order valence-corrected chi connectivity index (χ2v) is 15.4. The number of para-hydroxylation sites is 2. The van der Waals surface area contributed by atoms with Crippen molar-refractivity contribution >= 4 is 98.3 Å². The topological polar surface area (TPSA) is 6.48 Å². The van der Waals surface area contributed by atoms with Gasteiger partial charge in [0.05, 0.1) is 32.5 Å². The third-order valence-electron chi connectivity index (χ3n) is 11.3. The summed E-state index contributed by atoms with van der Waals surface area (Å²) in [5.41, 5.74) is 8.56. The maximum Gasteiger partial charge on any atom is 0.0647 e. The molecule has 0 saturated heterocycles. The zero-order chi connectivity index (χ0) is 36.3. The molecule has 0 bridgehead atoms. The molecule has 3 heteroatoms. The average Bonchev–Trinajstić information content (AvgIpc) is 3.67. The first-order valence-corrected chi connectivity index (χ1v) is 19.9. The van der Waals surface area contributed by atoms with E-state index in [2.05, 4.69) is 210 Å². The van der Waals surface area contributed by atoms with E-state index in [1.807, 2.05) is 11.3 Å². The van der Waals surface area contributed by atoms with Crippen LogP contribution in [-0.2, 0) is 0 Å². The van der Waals surface area contributed by atoms with Gasteiger partial charge < -0.3 is 9.80 Å². The minimum Gasteiger partial charge on any atom is -0.332 e. The van der Waals surface area contributed by atoms with Gasteiger partial charge in [0.25, 0.3) is 0 Å². The van der Waals surface area contributed by atoms with E-state index in [0.717, 1.165) is 12.1 Å². The van der Waals surface area contributed by atoms with Crippen LogP contribution in [0, 0.1) is 0 Å². The van der Waals surface area contributed by atoms with Gasteiger partial charge in [-0.3, -0.25) is 0 Å². The molecule has 1 atom stereocenters. The predicted octanol–water partition coefficient (Wildman–Crippen LogP) is 15.3. The lowest BCUT2D eigenvalue weighted by Gasteiger charge is -2.36. The zero-order valence-electron chi connectivity index (χ0n) is 30.1. The van der Waals surface area contributed by atoms with E-state index in [1.54, 1.807) is 0 Å². The van der Waals surface area contributed by atoms with Crippen LogP contribution in [0.2, 0.25) is 0 Å². The van der Waals surface area contributed by atoms with Crippen molar-refractivity contribution in [2.45, 2.75) is 12.5 Å². The number of benzene rings is 9. The summed E-state index contributed by atoms with van der Waals surface area (Å²) in [7, 11) is 0. The van der Waals surface area contributed by atoms with Gasteiger partial charge in [0.2, 0.25) is 0 Å². The van der Waals surface area contributed by atoms with Gasteiger partial charge in [0.1, 0.15) is 0 Å². The average molecular weight is 721 g/mol. The Labute approximate surface area is 324 Å². The Morgan fingerprint density at radius 1 is 0.436 bits per heavy atom. The molecule has 0 N–H and O–H groups in total. The van der Waals surface area contributed by atoms with Crippen LogP contribution >= 0.6 is 11.3 Å². The summed E-state index contributed by atoms with van der Waals surface area (Å²) in [6.45, 7) is 0. The Morgan fingerprint density at radius 3 is 1.71 bits per heavy atom. The van der Waals surface area contributed by atoms with E-state index >= 15 is 0 Å². The summed E-state index contributed by atoms with van der Waals surface area (Å²) in [4.78, 5) is 5.11. The number of nitrogens with zero attached hydrogens (tertiary/aromatic N) is 2. The van der Waals surface area contributed by atoms with Crippen LogP contribution in [0.3, 0.4) is 0 Å². The number of thiophene rings is 1. The third-order valence-corrected chi connectivity index (χ3v) is 12.5. The molecule has 9 aromatic carbocycles. The summed E-state index contributed by atoms with van der Waals surface area (Å²) < 4.78 is 2.58. The van der Waals surface area contributed by atoms with E-state index in [1.165, 1.54) is 86.4 Å². The van der Waals surface area contributed by atoms with Crippen LogP contribution < -0.4 is 9.80 Å². The highest BCUT2D eigenvalue weighted by molar-refractivity contribution is 7.27. The second-order valence-electron chi connectivity index (χ2n) is 14.4. The van der Waals surface area contributed by atoms with Crippen LogP contribution in [-0.4, -0.2) is 0 Å². The molecule has 0 saturated carbocycles. The van der Waals surface area contributed by atoms with Crippen molar-refractivity contribution in [3.8, 4) is 0 Å². The SMILES string of the molecule is C1=Cc2ccccc2C(N(c2ccccc2)c2cc3ccccc3c3c2sc2c(N(c4ccccc4)c4cccc5ccccc45)cc4ccccc4c23)C1. The Hall–Kier alpha value is -6.68. The Balaban J connectivity index is 1.29. The standard InChI is InChI=1S/C52H36N2S/c1-3-23-39(24-4-1)53(45-31-15-21-35-17-7-11-27-41(35)45)47-33-37-19-9-13-29-43(37)49-50-44-30-14-10-20-38(44)34-48(52(50)55-51(47)49)54(40-25-5-2-6-26-40)46-32-16-22-36-18-8-12-28-42(36)46/h1-31,33-34,46H,32H2. The molecule has 1 aliphatic rings. The molecule has 0 aliphatic heterocycles. The normalized spacial score (nSPS) is 13.9. The minimum absolute atomic E-state index is 0.130. The number of fused-ring (bicyclic) bond motifs is 9. The van der Waals surface area contributed by atoms with Gasteiger partial charge in [-0.15, -0.1) is 11.3 Å². The molecule has 260 valence electrons. The second kappa shape index (κ2) is 13.0. The largest absolute Gasteiger partial charge is 0.332 e. The fourth-order valence-corrected chi connectivity index (χ4v) is 10.3. The first kappa shape index (κ1) is 31.8. The highest BCUT2D eigenvalue weighted by Gasteiger charge is 2.30. The number of rotatable bonds is 6. The zero-order valence-corrected chi connectivity index (χ0v) is 31.0. The van der Waals surface area contributed by atoms with Crippen LogP contribution in [0.1, 0.15) is 23.6 Å². The van der Waals surface area contributed by atoms with Crippen LogP contribution in [0.5, 0.6) is 0 Å². The molecule has 0 radical (unpaired) electrons. The molecule has 0 spiro atoms. The summed E-state index contributed by atoms with van der Waals surface area (Å²) in [6, 6.07) is 69.2. The van der Waals surface area contributed by atoms with Crippen molar-refractivity contribution in [1.29, 1.82) is 0 Å². The summed E-state index contributed by atoms with van der Waals surface area (Å²) in [5, 5.41) is 10.1. The van der Waals surface area contributed by atoms with Gasteiger partial charge in [-0.1, -0.05) is 158 Å². The lowest BCUT2D eigenvalue weighted by molar-refractivity contribution is 0.704.